The van der Waals surface area contributed by atoms with Crippen molar-refractivity contribution >= 4 is 23.5 Å². The predicted octanol–water partition coefficient (Wildman–Crippen LogP) is 2.29. The number of hydrogen-bond acceptors (Lipinski definition) is 5. The van der Waals surface area contributed by atoms with Gasteiger partial charge in [-0.3, -0.25) is 14.5 Å². The van der Waals surface area contributed by atoms with Gasteiger partial charge >= 0.3 is 6.03 Å². The van der Waals surface area contributed by atoms with E-state index in [4.69, 9.17) is 9.47 Å². The molecule has 1 aromatic rings. The van der Waals surface area contributed by atoms with Crippen molar-refractivity contribution in [2.24, 2.45) is 0 Å². The van der Waals surface area contributed by atoms with Crippen molar-refractivity contribution < 1.29 is 23.9 Å². The first-order valence-electron chi connectivity index (χ1n) is 9.32. The van der Waals surface area contributed by atoms with Gasteiger partial charge in [-0.05, 0) is 25.0 Å². The molecule has 8 nitrogen and oxygen atoms in total. The smallest absolute Gasteiger partial charge is 0.325 e. The van der Waals surface area contributed by atoms with Crippen LogP contribution in [0.25, 0.3) is 0 Å². The topological polar surface area (TPSA) is 97.0 Å². The minimum atomic E-state index is -0.891. The van der Waals surface area contributed by atoms with E-state index in [9.17, 15) is 14.4 Å². The van der Waals surface area contributed by atoms with Gasteiger partial charge in [0.1, 0.15) is 25.3 Å². The van der Waals surface area contributed by atoms with Crippen LogP contribution in [0.4, 0.5) is 10.5 Å². The Balaban J connectivity index is 1.67. The summed E-state index contributed by atoms with van der Waals surface area (Å²) in [5.74, 6) is 0.406. The van der Waals surface area contributed by atoms with Crippen LogP contribution in [0.15, 0.2) is 18.2 Å². The molecule has 0 unspecified atom stereocenters. The molecule has 0 bridgehead atoms. The fourth-order valence-corrected chi connectivity index (χ4v) is 3.60. The standard InChI is InChI=1S/C19H25N3O5/c1-3-7-19(8-4-2)17(24)22(18(25)21-19)12-16(23)20-13-5-6-14-15(11-13)27-10-9-26-14/h5-6,11H,3-4,7-10,12H2,1-2H3,(H,20,23)(H,21,25). The maximum absolute atomic E-state index is 12.8. The van der Waals surface area contributed by atoms with Crippen LogP contribution in [0.3, 0.4) is 0 Å². The Morgan fingerprint density at radius 1 is 1.15 bits per heavy atom. The van der Waals surface area contributed by atoms with Gasteiger partial charge in [-0.1, -0.05) is 26.7 Å². The third kappa shape index (κ3) is 3.84. The molecule has 2 aliphatic heterocycles. The molecule has 0 aromatic heterocycles. The number of hydrogen-bond donors (Lipinski definition) is 2. The molecular weight excluding hydrogens is 350 g/mol. The summed E-state index contributed by atoms with van der Waals surface area (Å²) in [6, 6.07) is 4.55. The van der Waals surface area contributed by atoms with Gasteiger partial charge in [-0.15, -0.1) is 0 Å². The zero-order chi connectivity index (χ0) is 19.4. The molecule has 146 valence electrons. The van der Waals surface area contributed by atoms with Crippen LogP contribution >= 0.6 is 0 Å². The van der Waals surface area contributed by atoms with E-state index < -0.39 is 17.5 Å². The maximum Gasteiger partial charge on any atom is 0.325 e. The fourth-order valence-electron chi connectivity index (χ4n) is 3.60. The van der Waals surface area contributed by atoms with Crippen molar-refractivity contribution in [2.45, 2.75) is 45.1 Å². The Morgan fingerprint density at radius 3 is 2.48 bits per heavy atom. The molecule has 1 aromatic carbocycles. The molecule has 1 saturated heterocycles. The number of amides is 4. The van der Waals surface area contributed by atoms with Gasteiger partial charge < -0.3 is 20.1 Å². The molecule has 1 fully saturated rings. The average molecular weight is 375 g/mol. The molecule has 2 N–H and O–H groups in total. The largest absolute Gasteiger partial charge is 0.486 e. The van der Waals surface area contributed by atoms with Crippen molar-refractivity contribution in [2.75, 3.05) is 25.1 Å². The lowest BCUT2D eigenvalue weighted by Gasteiger charge is -2.25. The molecular formula is C19H25N3O5. The van der Waals surface area contributed by atoms with Gasteiger partial charge in [-0.25, -0.2) is 4.79 Å². The van der Waals surface area contributed by atoms with Crippen molar-refractivity contribution in [3.63, 3.8) is 0 Å². The number of benzene rings is 1. The number of nitrogens with one attached hydrogen (secondary N) is 2. The number of carbonyl (C=O) groups excluding carboxylic acids is 3. The van der Waals surface area contributed by atoms with E-state index in [1.54, 1.807) is 18.2 Å². The number of nitrogens with zero attached hydrogens (tertiary/aromatic N) is 1. The number of ether oxygens (including phenoxy) is 2. The van der Waals surface area contributed by atoms with Gasteiger partial charge in [0.2, 0.25) is 5.91 Å². The first kappa shape index (κ1) is 19.0. The Hall–Kier alpha value is -2.77. The summed E-state index contributed by atoms with van der Waals surface area (Å²) in [4.78, 5) is 38.5. The number of carbonyl (C=O) groups is 3. The van der Waals surface area contributed by atoms with Gasteiger partial charge in [-0.2, -0.15) is 0 Å². The summed E-state index contributed by atoms with van der Waals surface area (Å²) in [5.41, 5.74) is -0.373. The molecule has 0 aliphatic carbocycles. The quantitative estimate of drug-likeness (QED) is 0.713. The van der Waals surface area contributed by atoms with Crippen molar-refractivity contribution in [1.82, 2.24) is 10.2 Å². The summed E-state index contributed by atoms with van der Waals surface area (Å²) in [7, 11) is 0. The summed E-state index contributed by atoms with van der Waals surface area (Å²) < 4.78 is 10.9. The second kappa shape index (κ2) is 7.85. The Kier molecular flexibility index (Phi) is 5.53. The lowest BCUT2D eigenvalue weighted by Crippen LogP contribution is -2.47. The predicted molar refractivity (Wildman–Crippen MR) is 98.9 cm³/mol. The van der Waals surface area contributed by atoms with Crippen LogP contribution in [0, 0.1) is 0 Å². The molecule has 2 heterocycles. The summed E-state index contributed by atoms with van der Waals surface area (Å²) in [6.45, 7) is 4.54. The van der Waals surface area contributed by atoms with Gasteiger partial charge in [0.15, 0.2) is 11.5 Å². The second-order valence-electron chi connectivity index (χ2n) is 6.81. The number of fused-ring (bicyclic) bond motifs is 1. The molecule has 0 saturated carbocycles. The molecule has 27 heavy (non-hydrogen) atoms. The van der Waals surface area contributed by atoms with E-state index in [-0.39, 0.29) is 12.5 Å². The summed E-state index contributed by atoms with van der Waals surface area (Å²) in [6.07, 6.45) is 2.66. The lowest BCUT2D eigenvalue weighted by atomic mass is 9.88. The third-order valence-electron chi connectivity index (χ3n) is 4.73. The minimum Gasteiger partial charge on any atom is -0.486 e. The van der Waals surface area contributed by atoms with Crippen LogP contribution in [-0.2, 0) is 9.59 Å². The summed E-state index contributed by atoms with van der Waals surface area (Å²) >= 11 is 0. The number of anilines is 1. The molecule has 2 aliphatic rings. The van der Waals surface area contributed by atoms with Crippen LogP contribution in [0.2, 0.25) is 0 Å². The first-order chi connectivity index (χ1) is 13.0. The van der Waals surface area contributed by atoms with Crippen molar-refractivity contribution in [3.05, 3.63) is 18.2 Å². The van der Waals surface area contributed by atoms with Crippen LogP contribution in [0.1, 0.15) is 39.5 Å². The highest BCUT2D eigenvalue weighted by Gasteiger charge is 2.50. The van der Waals surface area contributed by atoms with Crippen molar-refractivity contribution in [3.8, 4) is 11.5 Å². The molecule has 0 atom stereocenters. The lowest BCUT2D eigenvalue weighted by molar-refractivity contribution is -0.134. The highest BCUT2D eigenvalue weighted by atomic mass is 16.6. The van der Waals surface area contributed by atoms with E-state index in [2.05, 4.69) is 10.6 Å². The van der Waals surface area contributed by atoms with Gasteiger partial charge in [0.05, 0.1) is 0 Å². The monoisotopic (exact) mass is 375 g/mol. The van der Waals surface area contributed by atoms with Gasteiger partial charge in [0.25, 0.3) is 5.91 Å². The van der Waals surface area contributed by atoms with E-state index in [1.165, 1.54) is 0 Å². The zero-order valence-electron chi connectivity index (χ0n) is 15.7. The Bertz CT molecular complexity index is 743. The molecule has 4 amide bonds. The summed E-state index contributed by atoms with van der Waals surface area (Å²) in [5, 5.41) is 5.50. The molecule has 8 heteroatoms. The van der Waals surface area contributed by atoms with Crippen molar-refractivity contribution in [1.29, 1.82) is 0 Å². The van der Waals surface area contributed by atoms with Gasteiger partial charge in [0, 0.05) is 11.8 Å². The van der Waals surface area contributed by atoms with E-state index in [0.717, 1.165) is 17.7 Å². The van der Waals surface area contributed by atoms with Crippen LogP contribution in [0.5, 0.6) is 11.5 Å². The van der Waals surface area contributed by atoms with Crippen LogP contribution < -0.4 is 20.1 Å². The minimum absolute atomic E-state index is 0.325. The van der Waals surface area contributed by atoms with E-state index >= 15 is 0 Å². The Labute approximate surface area is 158 Å². The number of urea groups is 1. The third-order valence-corrected chi connectivity index (χ3v) is 4.73. The first-order valence-corrected chi connectivity index (χ1v) is 9.32. The SMILES string of the molecule is CCCC1(CCC)NC(=O)N(CC(=O)Nc2ccc3c(c2)OCCO3)C1=O. The van der Waals surface area contributed by atoms with Crippen LogP contribution in [-0.4, -0.2) is 48.0 Å². The second-order valence-corrected chi connectivity index (χ2v) is 6.81. The number of imide groups is 1. The van der Waals surface area contributed by atoms with E-state index in [0.29, 0.717) is 43.2 Å². The molecule has 0 radical (unpaired) electrons. The normalized spacial score (nSPS) is 17.6. The number of rotatable bonds is 7. The average Bonchev–Trinajstić information content (AvgIpc) is 2.86. The molecule has 0 spiro atoms. The van der Waals surface area contributed by atoms with E-state index in [1.807, 2.05) is 13.8 Å². The highest BCUT2D eigenvalue weighted by Crippen LogP contribution is 2.33. The molecule has 3 rings (SSSR count). The fraction of sp³-hybridized carbons (Fsp3) is 0.526. The highest BCUT2D eigenvalue weighted by molar-refractivity contribution is 6.10. The zero-order valence-corrected chi connectivity index (χ0v) is 15.7. The maximum atomic E-state index is 12.8. The Morgan fingerprint density at radius 2 is 1.81 bits per heavy atom.